The molecule has 0 saturated heterocycles. The molecule has 5 rings (SSSR count). The summed E-state index contributed by atoms with van der Waals surface area (Å²) < 4.78 is 39.4. The molecule has 7 heteroatoms. The Balaban J connectivity index is 1.76. The normalized spacial score (nSPS) is 18.0. The second kappa shape index (κ2) is 8.70. The summed E-state index contributed by atoms with van der Waals surface area (Å²) in [6, 6.07) is 6.23. The summed E-state index contributed by atoms with van der Waals surface area (Å²) in [4.78, 5) is 32.4. The number of carbonyl (C=O) groups is 2. The Bertz CT molecular complexity index is 1290. The van der Waals surface area contributed by atoms with Gasteiger partial charge < -0.3 is 0 Å². The largest absolute Gasteiger partial charge is 0.416 e. The second-order valence-corrected chi connectivity index (χ2v) is 11.2. The predicted octanol–water partition coefficient (Wildman–Crippen LogP) is 7.87. The quantitative estimate of drug-likeness (QED) is 0.345. The van der Waals surface area contributed by atoms with Crippen LogP contribution in [0, 0.1) is 5.41 Å². The molecule has 0 unspecified atom stereocenters. The van der Waals surface area contributed by atoms with Crippen LogP contribution in [0.15, 0.2) is 41.1 Å². The van der Waals surface area contributed by atoms with Gasteiger partial charge >= 0.3 is 6.18 Å². The number of rotatable bonds is 4. The zero-order valence-electron chi connectivity index (χ0n) is 19.7. The molecule has 2 aliphatic carbocycles. The number of thiophene rings is 1. The summed E-state index contributed by atoms with van der Waals surface area (Å²) in [6.07, 6.45) is 0.393. The highest BCUT2D eigenvalue weighted by molar-refractivity contribution is 7.08. The van der Waals surface area contributed by atoms with Crippen molar-refractivity contribution in [3.63, 3.8) is 0 Å². The monoisotopic (exact) mass is 497 g/mol. The molecule has 0 amide bonds. The van der Waals surface area contributed by atoms with E-state index in [1.54, 1.807) is 0 Å². The maximum Gasteiger partial charge on any atom is 0.416 e. The Morgan fingerprint density at radius 3 is 2.31 bits per heavy atom. The van der Waals surface area contributed by atoms with Crippen molar-refractivity contribution in [3.8, 4) is 11.1 Å². The van der Waals surface area contributed by atoms with Crippen LogP contribution in [0.5, 0.6) is 0 Å². The van der Waals surface area contributed by atoms with Gasteiger partial charge in [0.15, 0.2) is 11.6 Å². The minimum Gasteiger partial charge on any atom is -0.294 e. The number of hydrogen-bond acceptors (Lipinski definition) is 4. The van der Waals surface area contributed by atoms with Crippen LogP contribution in [-0.4, -0.2) is 16.6 Å². The number of carbonyl (C=O) groups excluding carboxylic acids is 2. The third-order valence-electron chi connectivity index (χ3n) is 7.12. The number of pyridine rings is 1. The van der Waals surface area contributed by atoms with Crippen molar-refractivity contribution >= 4 is 22.9 Å². The van der Waals surface area contributed by atoms with Crippen LogP contribution < -0.4 is 0 Å². The molecule has 0 bridgehead atoms. The van der Waals surface area contributed by atoms with Gasteiger partial charge in [-0.05, 0) is 59.2 Å². The fourth-order valence-corrected chi connectivity index (χ4v) is 6.14. The molecule has 0 spiro atoms. The third kappa shape index (κ3) is 4.46. The van der Waals surface area contributed by atoms with Crippen LogP contribution in [0.3, 0.4) is 0 Å². The van der Waals surface area contributed by atoms with E-state index in [4.69, 9.17) is 4.98 Å². The molecule has 182 valence electrons. The van der Waals surface area contributed by atoms with Gasteiger partial charge in [0.1, 0.15) is 0 Å². The number of halogens is 3. The van der Waals surface area contributed by atoms with Crippen LogP contribution in [0.1, 0.15) is 95.1 Å². The zero-order valence-corrected chi connectivity index (χ0v) is 20.5. The van der Waals surface area contributed by atoms with Crippen LogP contribution in [-0.2, 0) is 12.6 Å². The number of nitrogens with zero attached hydrogens (tertiary/aromatic N) is 1. The number of benzene rings is 1. The lowest BCUT2D eigenvalue weighted by atomic mass is 9.72. The number of Topliss-reactive ketones (excluding diaryl/α,β-unsaturated/α-hetero) is 1. The van der Waals surface area contributed by atoms with Crippen molar-refractivity contribution in [1.82, 2.24) is 4.98 Å². The highest BCUT2D eigenvalue weighted by Crippen LogP contribution is 2.45. The minimum absolute atomic E-state index is 0.0376. The predicted molar refractivity (Wildman–Crippen MR) is 130 cm³/mol. The van der Waals surface area contributed by atoms with Gasteiger partial charge in [-0.15, -0.1) is 0 Å². The summed E-state index contributed by atoms with van der Waals surface area (Å²) in [5.41, 5.74) is 2.83. The Morgan fingerprint density at radius 2 is 1.71 bits per heavy atom. The summed E-state index contributed by atoms with van der Waals surface area (Å²) >= 11 is 1.48. The first-order valence-corrected chi connectivity index (χ1v) is 12.8. The molecule has 2 aliphatic rings. The molecule has 3 nitrogen and oxygen atoms in total. The Labute approximate surface area is 206 Å². The Morgan fingerprint density at radius 1 is 1.03 bits per heavy atom. The van der Waals surface area contributed by atoms with Gasteiger partial charge in [0, 0.05) is 29.0 Å². The van der Waals surface area contributed by atoms with E-state index in [2.05, 4.69) is 13.8 Å². The molecule has 1 saturated carbocycles. The molecule has 3 aromatic rings. The average Bonchev–Trinajstić information content (AvgIpc) is 3.50. The first-order valence-electron chi connectivity index (χ1n) is 11.9. The fourth-order valence-electron chi connectivity index (χ4n) is 5.50. The topological polar surface area (TPSA) is 47.0 Å². The lowest BCUT2D eigenvalue weighted by Gasteiger charge is -2.32. The number of ketones is 2. The molecule has 0 aliphatic heterocycles. The van der Waals surface area contributed by atoms with Gasteiger partial charge in [-0.25, -0.2) is 0 Å². The second-order valence-electron chi connectivity index (χ2n) is 10.4. The summed E-state index contributed by atoms with van der Waals surface area (Å²) in [7, 11) is 0. The number of fused-ring (bicyclic) bond motifs is 1. The highest BCUT2D eigenvalue weighted by atomic mass is 32.1. The minimum atomic E-state index is -4.48. The van der Waals surface area contributed by atoms with Crippen LogP contribution in [0.2, 0.25) is 0 Å². The highest BCUT2D eigenvalue weighted by Gasteiger charge is 2.39. The van der Waals surface area contributed by atoms with Gasteiger partial charge in [0.05, 0.1) is 22.5 Å². The van der Waals surface area contributed by atoms with Gasteiger partial charge in [0.25, 0.3) is 0 Å². The van der Waals surface area contributed by atoms with E-state index in [0.29, 0.717) is 35.2 Å². The molecular weight excluding hydrogens is 471 g/mol. The van der Waals surface area contributed by atoms with Crippen molar-refractivity contribution in [2.75, 3.05) is 0 Å². The lowest BCUT2D eigenvalue weighted by Crippen LogP contribution is -2.30. The molecule has 1 aromatic carbocycles. The first kappa shape index (κ1) is 23.9. The molecule has 2 aromatic heterocycles. The lowest BCUT2D eigenvalue weighted by molar-refractivity contribution is -0.137. The van der Waals surface area contributed by atoms with Gasteiger partial charge in [-0.1, -0.05) is 38.8 Å². The molecular formula is C28H26F3NO2S. The summed E-state index contributed by atoms with van der Waals surface area (Å²) in [6.45, 7) is 4.10. The van der Waals surface area contributed by atoms with Crippen LogP contribution in [0.25, 0.3) is 11.1 Å². The zero-order chi connectivity index (χ0) is 25.0. The molecule has 2 heterocycles. The van der Waals surface area contributed by atoms with Crippen molar-refractivity contribution in [3.05, 3.63) is 74.7 Å². The van der Waals surface area contributed by atoms with Crippen molar-refractivity contribution in [2.24, 2.45) is 5.41 Å². The standard InChI is InChI=1S/C28H26F3NO2S/c1-27(2)13-20-23(21(33)14-27)22(18-11-12-35-15-18)24(25(32-20)16-5-3-4-6-16)26(34)17-7-9-19(10-8-17)28(29,30)31/h7-12,15-16H,3-6,13-14H2,1-2H3. The van der Waals surface area contributed by atoms with Crippen LogP contribution >= 0.6 is 11.3 Å². The number of alkyl halides is 3. The molecule has 0 radical (unpaired) electrons. The molecule has 1 fully saturated rings. The molecule has 35 heavy (non-hydrogen) atoms. The fraction of sp³-hybridized carbons (Fsp3) is 0.393. The van der Waals surface area contributed by atoms with E-state index in [0.717, 1.165) is 49.1 Å². The number of hydrogen-bond donors (Lipinski definition) is 0. The maximum absolute atomic E-state index is 14.0. The van der Waals surface area contributed by atoms with Gasteiger partial charge in [-0.3, -0.25) is 14.6 Å². The van der Waals surface area contributed by atoms with E-state index < -0.39 is 11.7 Å². The van der Waals surface area contributed by atoms with E-state index in [1.165, 1.54) is 23.5 Å². The molecule has 0 atom stereocenters. The van der Waals surface area contributed by atoms with E-state index in [-0.39, 0.29) is 28.5 Å². The number of aromatic nitrogens is 1. The van der Waals surface area contributed by atoms with Crippen LogP contribution in [0.4, 0.5) is 13.2 Å². The third-order valence-corrected chi connectivity index (χ3v) is 7.80. The maximum atomic E-state index is 14.0. The van der Waals surface area contributed by atoms with Crippen molar-refractivity contribution in [2.45, 2.75) is 64.5 Å². The van der Waals surface area contributed by atoms with Crippen molar-refractivity contribution in [1.29, 1.82) is 0 Å². The Kier molecular flexibility index (Phi) is 5.94. The summed E-state index contributed by atoms with van der Waals surface area (Å²) in [5, 5.41) is 3.83. The molecule has 0 N–H and O–H groups in total. The Hall–Kier alpha value is -2.80. The summed E-state index contributed by atoms with van der Waals surface area (Å²) in [5.74, 6) is -0.328. The van der Waals surface area contributed by atoms with Gasteiger partial charge in [-0.2, -0.15) is 24.5 Å². The van der Waals surface area contributed by atoms with E-state index in [1.807, 2.05) is 16.8 Å². The van der Waals surface area contributed by atoms with E-state index >= 15 is 0 Å². The van der Waals surface area contributed by atoms with E-state index in [9.17, 15) is 22.8 Å². The average molecular weight is 498 g/mol. The SMILES string of the molecule is CC1(C)CC(=O)c2c(nc(C3CCCC3)c(C(=O)c3ccc(C(F)(F)F)cc3)c2-c2ccsc2)C1. The van der Waals surface area contributed by atoms with Gasteiger partial charge in [0.2, 0.25) is 0 Å². The first-order chi connectivity index (χ1) is 16.5. The smallest absolute Gasteiger partial charge is 0.294 e. The van der Waals surface area contributed by atoms with Crippen molar-refractivity contribution < 1.29 is 22.8 Å².